The molecule has 0 radical (unpaired) electrons. The van der Waals surface area contributed by atoms with Gasteiger partial charge in [0, 0.05) is 5.56 Å². The third-order valence-corrected chi connectivity index (χ3v) is 5.10. The molecular weight excluding hydrogens is 424 g/mol. The van der Waals surface area contributed by atoms with E-state index in [4.69, 9.17) is 18.9 Å². The van der Waals surface area contributed by atoms with Crippen LogP contribution in [-0.2, 0) is 9.47 Å². The number of unbranched alkanes of at least 4 members (excludes halogenated alkanes) is 2. The fraction of sp³-hybridized carbons (Fsp3) is 0.320. The first-order valence-electron chi connectivity index (χ1n) is 10.7. The lowest BCUT2D eigenvalue weighted by atomic mass is 10.0. The zero-order chi connectivity index (χ0) is 23.8. The molecule has 0 N–H and O–H groups in total. The molecule has 1 heterocycles. The molecule has 2 aromatic carbocycles. The van der Waals surface area contributed by atoms with Crippen molar-refractivity contribution in [2.75, 3.05) is 27.9 Å². The molecular formula is C25H28N2O6. The zero-order valence-corrected chi connectivity index (χ0v) is 19.3. The van der Waals surface area contributed by atoms with Crippen molar-refractivity contribution in [2.45, 2.75) is 26.2 Å². The van der Waals surface area contributed by atoms with Crippen molar-refractivity contribution < 1.29 is 28.5 Å². The maximum Gasteiger partial charge on any atom is 0.357 e. The number of aromatic nitrogens is 2. The Labute approximate surface area is 193 Å². The molecule has 0 spiro atoms. The van der Waals surface area contributed by atoms with E-state index in [2.05, 4.69) is 12.0 Å². The molecule has 0 aliphatic heterocycles. The molecule has 3 aromatic rings. The fourth-order valence-corrected chi connectivity index (χ4v) is 3.48. The summed E-state index contributed by atoms with van der Waals surface area (Å²) >= 11 is 0. The fourth-order valence-electron chi connectivity index (χ4n) is 3.48. The number of rotatable bonds is 10. The van der Waals surface area contributed by atoms with Crippen LogP contribution >= 0.6 is 0 Å². The molecule has 0 atom stereocenters. The lowest BCUT2D eigenvalue weighted by Gasteiger charge is -2.14. The average molecular weight is 453 g/mol. The summed E-state index contributed by atoms with van der Waals surface area (Å²) in [6.45, 7) is 2.58. The van der Waals surface area contributed by atoms with Crippen molar-refractivity contribution in [2.24, 2.45) is 0 Å². The molecule has 33 heavy (non-hydrogen) atoms. The van der Waals surface area contributed by atoms with E-state index >= 15 is 0 Å². The van der Waals surface area contributed by atoms with E-state index in [9.17, 15) is 9.59 Å². The number of methoxy groups -OCH3 is 3. The van der Waals surface area contributed by atoms with E-state index in [-0.39, 0.29) is 17.0 Å². The van der Waals surface area contributed by atoms with Crippen molar-refractivity contribution in [3.8, 4) is 28.4 Å². The smallest absolute Gasteiger partial charge is 0.357 e. The molecule has 0 aliphatic carbocycles. The molecule has 0 bridgehead atoms. The van der Waals surface area contributed by atoms with Gasteiger partial charge >= 0.3 is 11.9 Å². The van der Waals surface area contributed by atoms with Gasteiger partial charge in [-0.25, -0.2) is 14.3 Å². The second kappa shape index (κ2) is 11.2. The minimum absolute atomic E-state index is 0.0140. The maximum atomic E-state index is 12.9. The van der Waals surface area contributed by atoms with Gasteiger partial charge in [-0.15, -0.1) is 0 Å². The monoisotopic (exact) mass is 452 g/mol. The van der Waals surface area contributed by atoms with Crippen molar-refractivity contribution in [1.29, 1.82) is 0 Å². The van der Waals surface area contributed by atoms with Gasteiger partial charge in [-0.05, 0) is 30.7 Å². The number of carbonyl (C=O) groups is 2. The molecule has 0 aliphatic rings. The van der Waals surface area contributed by atoms with Crippen LogP contribution in [0.15, 0.2) is 48.5 Å². The molecule has 0 amide bonds. The van der Waals surface area contributed by atoms with Gasteiger partial charge in [0.25, 0.3) is 0 Å². The number of benzene rings is 2. The Morgan fingerprint density at radius 1 is 0.909 bits per heavy atom. The first-order valence-corrected chi connectivity index (χ1v) is 10.7. The first kappa shape index (κ1) is 23.8. The van der Waals surface area contributed by atoms with Crippen LogP contribution in [0.2, 0.25) is 0 Å². The van der Waals surface area contributed by atoms with Crippen LogP contribution in [-0.4, -0.2) is 49.7 Å². The largest absolute Gasteiger partial charge is 0.493 e. The van der Waals surface area contributed by atoms with Gasteiger partial charge in [0.2, 0.25) is 0 Å². The maximum absolute atomic E-state index is 12.9. The lowest BCUT2D eigenvalue weighted by Crippen LogP contribution is -2.15. The number of carbonyl (C=O) groups excluding carboxylic acids is 2. The second-order valence-corrected chi connectivity index (χ2v) is 7.20. The summed E-state index contributed by atoms with van der Waals surface area (Å²) in [5.74, 6) is -0.497. The van der Waals surface area contributed by atoms with E-state index in [1.807, 2.05) is 18.2 Å². The number of ether oxygens (including phenoxy) is 4. The topological polar surface area (TPSA) is 88.9 Å². The predicted octanol–water partition coefficient (Wildman–Crippen LogP) is 4.69. The highest BCUT2D eigenvalue weighted by molar-refractivity contribution is 6.07. The summed E-state index contributed by atoms with van der Waals surface area (Å²) in [7, 11) is 4.04. The summed E-state index contributed by atoms with van der Waals surface area (Å²) in [4.78, 5) is 25.7. The quantitative estimate of drug-likeness (QED) is 0.326. The van der Waals surface area contributed by atoms with Crippen LogP contribution in [0.25, 0.3) is 16.9 Å². The summed E-state index contributed by atoms with van der Waals surface area (Å²) < 4.78 is 23.0. The highest BCUT2D eigenvalue weighted by atomic mass is 16.5. The standard InChI is InChI=1S/C25H28N2O6/c1-5-6-10-16-33-23-18(14-11-15-19(23)30-2)21-20(24(28)31-3)22(25(29)32-4)27(26-21)17-12-8-7-9-13-17/h7-9,11-15H,5-6,10,16H2,1-4H3. The lowest BCUT2D eigenvalue weighted by molar-refractivity contribution is 0.0549. The Morgan fingerprint density at radius 2 is 1.64 bits per heavy atom. The normalized spacial score (nSPS) is 10.5. The Kier molecular flexibility index (Phi) is 8.07. The second-order valence-electron chi connectivity index (χ2n) is 7.20. The molecule has 0 saturated carbocycles. The van der Waals surface area contributed by atoms with Crippen LogP contribution in [0.4, 0.5) is 0 Å². The average Bonchev–Trinajstić information content (AvgIpc) is 3.26. The van der Waals surface area contributed by atoms with Gasteiger partial charge < -0.3 is 18.9 Å². The Bertz CT molecular complexity index is 1110. The number of nitrogens with zero attached hydrogens (tertiary/aromatic N) is 2. The molecule has 8 nitrogen and oxygen atoms in total. The van der Waals surface area contributed by atoms with E-state index in [1.165, 1.54) is 18.9 Å². The highest BCUT2D eigenvalue weighted by Gasteiger charge is 2.33. The van der Waals surface area contributed by atoms with Gasteiger partial charge in [-0.2, -0.15) is 5.10 Å². The summed E-state index contributed by atoms with van der Waals surface area (Å²) in [5, 5.41) is 4.65. The summed E-state index contributed by atoms with van der Waals surface area (Å²) in [6.07, 6.45) is 2.94. The van der Waals surface area contributed by atoms with Crippen LogP contribution < -0.4 is 9.47 Å². The molecule has 0 fully saturated rings. The SMILES string of the molecule is CCCCCOc1c(OC)cccc1-c1nn(-c2ccccc2)c(C(=O)OC)c1C(=O)OC. The summed E-state index contributed by atoms with van der Waals surface area (Å²) in [6, 6.07) is 14.3. The molecule has 1 aromatic heterocycles. The van der Waals surface area contributed by atoms with Gasteiger partial charge in [0.05, 0.1) is 33.6 Å². The first-order chi connectivity index (χ1) is 16.1. The third kappa shape index (κ3) is 5.00. The van der Waals surface area contributed by atoms with Gasteiger partial charge in [-0.1, -0.05) is 44.0 Å². The van der Waals surface area contributed by atoms with Crippen molar-refractivity contribution >= 4 is 11.9 Å². The minimum Gasteiger partial charge on any atom is -0.493 e. The molecule has 0 unspecified atom stereocenters. The minimum atomic E-state index is -0.716. The Hall–Kier alpha value is -3.81. The highest BCUT2D eigenvalue weighted by Crippen LogP contribution is 2.40. The van der Waals surface area contributed by atoms with E-state index in [0.29, 0.717) is 29.4 Å². The number of hydrogen-bond donors (Lipinski definition) is 0. The van der Waals surface area contributed by atoms with E-state index in [1.54, 1.807) is 37.4 Å². The molecule has 174 valence electrons. The van der Waals surface area contributed by atoms with Crippen molar-refractivity contribution in [3.63, 3.8) is 0 Å². The summed E-state index contributed by atoms with van der Waals surface area (Å²) in [5.41, 5.74) is 1.27. The van der Waals surface area contributed by atoms with Crippen molar-refractivity contribution in [1.82, 2.24) is 9.78 Å². The number of hydrogen-bond acceptors (Lipinski definition) is 7. The van der Waals surface area contributed by atoms with Crippen LogP contribution in [0.5, 0.6) is 11.5 Å². The van der Waals surface area contributed by atoms with Gasteiger partial charge in [-0.3, -0.25) is 0 Å². The zero-order valence-electron chi connectivity index (χ0n) is 19.3. The Balaban J connectivity index is 2.28. The molecule has 3 rings (SSSR count). The van der Waals surface area contributed by atoms with Crippen LogP contribution in [0, 0.1) is 0 Å². The molecule has 0 saturated heterocycles. The number of para-hydroxylation sites is 2. The number of esters is 2. The van der Waals surface area contributed by atoms with E-state index in [0.717, 1.165) is 19.3 Å². The predicted molar refractivity (Wildman–Crippen MR) is 123 cm³/mol. The van der Waals surface area contributed by atoms with E-state index < -0.39 is 11.9 Å². The third-order valence-electron chi connectivity index (χ3n) is 5.10. The Morgan fingerprint density at radius 3 is 2.27 bits per heavy atom. The van der Waals surface area contributed by atoms with Crippen LogP contribution in [0.1, 0.15) is 47.0 Å². The van der Waals surface area contributed by atoms with Gasteiger partial charge in [0.15, 0.2) is 17.2 Å². The van der Waals surface area contributed by atoms with Crippen molar-refractivity contribution in [3.05, 3.63) is 59.8 Å². The van der Waals surface area contributed by atoms with Gasteiger partial charge in [0.1, 0.15) is 11.3 Å². The molecule has 8 heteroatoms. The van der Waals surface area contributed by atoms with Crippen LogP contribution in [0.3, 0.4) is 0 Å².